The molecule has 4 nitrogen and oxygen atoms in total. The Labute approximate surface area is 208 Å². The van der Waals surface area contributed by atoms with Crippen molar-refractivity contribution in [3.8, 4) is 11.6 Å². The van der Waals surface area contributed by atoms with E-state index >= 15 is 0 Å². The number of fused-ring (bicyclic) bond motifs is 2. The van der Waals surface area contributed by atoms with E-state index < -0.39 is 5.60 Å². The van der Waals surface area contributed by atoms with E-state index in [1.54, 1.807) is 6.20 Å². The summed E-state index contributed by atoms with van der Waals surface area (Å²) in [7, 11) is 0. The van der Waals surface area contributed by atoms with Crippen molar-refractivity contribution in [1.29, 1.82) is 0 Å². The molecule has 5 rings (SSSR count). The molecule has 0 bridgehead atoms. The van der Waals surface area contributed by atoms with Gasteiger partial charge in [0.1, 0.15) is 5.75 Å². The molecule has 170 valence electrons. The molecular weight excluding hydrogens is 500 g/mol. The van der Waals surface area contributed by atoms with Crippen molar-refractivity contribution in [3.63, 3.8) is 0 Å². The SMILES string of the molecule is OC1(c2ccc(Cl)cc2)CCN(CC/C=C2/Cc3cc(Br)ccc3Oc3ncccc32)CC1. The van der Waals surface area contributed by atoms with Crippen molar-refractivity contribution in [1.82, 2.24) is 9.88 Å². The van der Waals surface area contributed by atoms with E-state index in [4.69, 9.17) is 16.3 Å². The van der Waals surface area contributed by atoms with Gasteiger partial charge in [0, 0.05) is 52.9 Å². The highest BCUT2D eigenvalue weighted by molar-refractivity contribution is 9.10. The van der Waals surface area contributed by atoms with Crippen LogP contribution in [-0.4, -0.2) is 34.6 Å². The molecular formula is C27H26BrClN2O2. The van der Waals surface area contributed by atoms with E-state index in [-0.39, 0.29) is 0 Å². The zero-order valence-electron chi connectivity index (χ0n) is 18.3. The van der Waals surface area contributed by atoms with E-state index in [1.165, 1.54) is 5.57 Å². The first kappa shape index (κ1) is 22.6. The molecule has 2 aliphatic heterocycles. The lowest BCUT2D eigenvalue weighted by atomic mass is 9.84. The second kappa shape index (κ2) is 9.59. The first-order chi connectivity index (χ1) is 16.0. The summed E-state index contributed by atoms with van der Waals surface area (Å²) >= 11 is 9.59. The van der Waals surface area contributed by atoms with Crippen LogP contribution < -0.4 is 4.74 Å². The van der Waals surface area contributed by atoms with Gasteiger partial charge in [-0.15, -0.1) is 0 Å². The minimum Gasteiger partial charge on any atom is -0.438 e. The third-order valence-corrected chi connectivity index (χ3v) is 7.37. The molecule has 1 N–H and O–H groups in total. The van der Waals surface area contributed by atoms with Gasteiger partial charge in [0.2, 0.25) is 5.88 Å². The lowest BCUT2D eigenvalue weighted by Gasteiger charge is -2.38. The topological polar surface area (TPSA) is 45.6 Å². The number of hydrogen-bond acceptors (Lipinski definition) is 4. The van der Waals surface area contributed by atoms with Gasteiger partial charge in [0.05, 0.1) is 5.60 Å². The standard InChI is InChI=1S/C27H26BrClN2O2/c28-22-7-10-25-20(18-22)17-19(24-4-1-13-30-26(24)33-25)3-2-14-31-15-11-27(32,12-16-31)21-5-8-23(29)9-6-21/h1,3-10,13,18,32H,2,11-12,14-17H2/b19-3-. The van der Waals surface area contributed by atoms with E-state index in [0.717, 1.165) is 72.2 Å². The summed E-state index contributed by atoms with van der Waals surface area (Å²) in [5.41, 5.74) is 3.64. The highest BCUT2D eigenvalue weighted by atomic mass is 79.9. The van der Waals surface area contributed by atoms with Crippen molar-refractivity contribution in [2.24, 2.45) is 0 Å². The summed E-state index contributed by atoms with van der Waals surface area (Å²) in [5.74, 6) is 1.52. The van der Waals surface area contributed by atoms with Crippen molar-refractivity contribution in [2.75, 3.05) is 19.6 Å². The number of piperidine rings is 1. The molecule has 0 spiro atoms. The van der Waals surface area contributed by atoms with Gasteiger partial charge in [-0.3, -0.25) is 0 Å². The minimum absolute atomic E-state index is 0.663. The number of allylic oxidation sites excluding steroid dienone is 1. The first-order valence-electron chi connectivity index (χ1n) is 11.3. The van der Waals surface area contributed by atoms with Gasteiger partial charge in [0.15, 0.2) is 0 Å². The number of benzene rings is 2. The predicted octanol–water partition coefficient (Wildman–Crippen LogP) is 6.60. The largest absolute Gasteiger partial charge is 0.438 e. The maximum Gasteiger partial charge on any atom is 0.226 e. The van der Waals surface area contributed by atoms with E-state index in [9.17, 15) is 5.11 Å². The molecule has 0 amide bonds. The number of aliphatic hydroxyl groups is 1. The minimum atomic E-state index is -0.764. The average Bonchev–Trinajstić information content (AvgIpc) is 2.97. The highest BCUT2D eigenvalue weighted by Crippen LogP contribution is 2.39. The number of pyridine rings is 1. The number of halogens is 2. The van der Waals surface area contributed by atoms with Crippen LogP contribution in [0.15, 0.2) is 71.3 Å². The number of nitrogens with zero attached hydrogens (tertiary/aromatic N) is 2. The van der Waals surface area contributed by atoms with Crippen molar-refractivity contribution in [3.05, 3.63) is 93.1 Å². The van der Waals surface area contributed by atoms with Crippen molar-refractivity contribution < 1.29 is 9.84 Å². The van der Waals surface area contributed by atoms with Gasteiger partial charge < -0.3 is 14.7 Å². The van der Waals surface area contributed by atoms with Gasteiger partial charge in [0.25, 0.3) is 0 Å². The quantitative estimate of drug-likeness (QED) is 0.417. The molecule has 3 heterocycles. The molecule has 0 radical (unpaired) electrons. The fraction of sp³-hybridized carbons (Fsp3) is 0.296. The number of aromatic nitrogens is 1. The summed E-state index contributed by atoms with van der Waals surface area (Å²) in [6.45, 7) is 2.71. The third kappa shape index (κ3) is 5.02. The van der Waals surface area contributed by atoms with Crippen LogP contribution in [0.4, 0.5) is 0 Å². The summed E-state index contributed by atoms with van der Waals surface area (Å²) in [6.07, 6.45) is 7.30. The Morgan fingerprint density at radius 2 is 1.91 bits per heavy atom. The van der Waals surface area contributed by atoms with Crippen LogP contribution in [0.25, 0.3) is 5.57 Å². The molecule has 2 aliphatic rings. The molecule has 33 heavy (non-hydrogen) atoms. The molecule has 1 saturated heterocycles. The van der Waals surface area contributed by atoms with Crippen LogP contribution in [0.1, 0.15) is 36.0 Å². The van der Waals surface area contributed by atoms with Crippen molar-refractivity contribution in [2.45, 2.75) is 31.3 Å². The molecule has 3 aromatic rings. The normalized spacial score (nSPS) is 18.8. The lowest BCUT2D eigenvalue weighted by molar-refractivity contribution is -0.0254. The zero-order valence-corrected chi connectivity index (χ0v) is 20.6. The molecule has 1 fully saturated rings. The third-order valence-electron chi connectivity index (χ3n) is 6.63. The summed E-state index contributed by atoms with van der Waals surface area (Å²) in [6, 6.07) is 17.8. The van der Waals surface area contributed by atoms with Crippen LogP contribution in [-0.2, 0) is 12.0 Å². The number of rotatable bonds is 4. The monoisotopic (exact) mass is 524 g/mol. The van der Waals surface area contributed by atoms with Gasteiger partial charge in [-0.2, -0.15) is 0 Å². The maximum absolute atomic E-state index is 11.1. The average molecular weight is 526 g/mol. The van der Waals surface area contributed by atoms with E-state index in [1.807, 2.05) is 42.5 Å². The Hall–Kier alpha value is -2.18. The number of ether oxygens (including phenoxy) is 1. The van der Waals surface area contributed by atoms with E-state index in [2.05, 4.69) is 44.0 Å². The molecule has 0 unspecified atom stereocenters. The van der Waals surface area contributed by atoms with Crippen LogP contribution >= 0.6 is 27.5 Å². The van der Waals surface area contributed by atoms with Gasteiger partial charge in [-0.1, -0.05) is 45.7 Å². The molecule has 0 atom stereocenters. The predicted molar refractivity (Wildman–Crippen MR) is 136 cm³/mol. The fourth-order valence-electron chi connectivity index (χ4n) is 4.71. The highest BCUT2D eigenvalue weighted by Gasteiger charge is 2.33. The Morgan fingerprint density at radius 3 is 2.70 bits per heavy atom. The van der Waals surface area contributed by atoms with Gasteiger partial charge in [-0.25, -0.2) is 4.98 Å². The Balaban J connectivity index is 1.26. The Morgan fingerprint density at radius 1 is 1.12 bits per heavy atom. The smallest absolute Gasteiger partial charge is 0.226 e. The number of likely N-dealkylation sites (tertiary alicyclic amines) is 1. The first-order valence-corrected chi connectivity index (χ1v) is 12.5. The molecule has 2 aromatic carbocycles. The second-order valence-electron chi connectivity index (χ2n) is 8.79. The Bertz CT molecular complexity index is 1170. The zero-order chi connectivity index (χ0) is 22.8. The molecule has 0 aliphatic carbocycles. The second-order valence-corrected chi connectivity index (χ2v) is 10.1. The van der Waals surface area contributed by atoms with Crippen LogP contribution in [0.3, 0.4) is 0 Å². The summed E-state index contributed by atoms with van der Waals surface area (Å²) < 4.78 is 7.18. The van der Waals surface area contributed by atoms with Crippen LogP contribution in [0, 0.1) is 0 Å². The fourth-order valence-corrected chi connectivity index (χ4v) is 5.24. The summed E-state index contributed by atoms with van der Waals surface area (Å²) in [5, 5.41) is 11.8. The lowest BCUT2D eigenvalue weighted by Crippen LogP contribution is -2.42. The Kier molecular flexibility index (Phi) is 6.57. The van der Waals surface area contributed by atoms with Crippen molar-refractivity contribution >= 4 is 33.1 Å². The molecule has 6 heteroatoms. The van der Waals surface area contributed by atoms with Gasteiger partial charge in [-0.05, 0) is 72.9 Å². The molecule has 0 saturated carbocycles. The number of hydrogen-bond donors (Lipinski definition) is 1. The van der Waals surface area contributed by atoms with E-state index in [0.29, 0.717) is 10.9 Å². The maximum atomic E-state index is 11.1. The molecule has 1 aromatic heterocycles. The summed E-state index contributed by atoms with van der Waals surface area (Å²) in [4.78, 5) is 6.91. The van der Waals surface area contributed by atoms with Crippen LogP contribution in [0.5, 0.6) is 11.6 Å². The van der Waals surface area contributed by atoms with Crippen LogP contribution in [0.2, 0.25) is 5.02 Å². The van der Waals surface area contributed by atoms with Gasteiger partial charge >= 0.3 is 0 Å².